The number of carbonyl (C=O) groups is 1. The normalized spacial score (nSPS) is 12.5. The number of amides is 1. The van der Waals surface area contributed by atoms with Crippen LogP contribution >= 0.6 is 11.8 Å². The Morgan fingerprint density at radius 1 is 1.44 bits per heavy atom. The van der Waals surface area contributed by atoms with Crippen molar-refractivity contribution in [2.24, 2.45) is 5.92 Å². The van der Waals surface area contributed by atoms with Gasteiger partial charge in [0, 0.05) is 23.0 Å². The summed E-state index contributed by atoms with van der Waals surface area (Å²) in [5.74, 6) is -2.77. The molecule has 1 unspecified atom stereocenters. The van der Waals surface area contributed by atoms with Crippen LogP contribution in [0.1, 0.15) is 6.92 Å². The first-order valence-electron chi connectivity index (χ1n) is 5.53. The molecule has 18 heavy (non-hydrogen) atoms. The van der Waals surface area contributed by atoms with E-state index in [9.17, 15) is 13.6 Å². The molecule has 1 rings (SSSR count). The van der Waals surface area contributed by atoms with Crippen LogP contribution in [0.5, 0.6) is 0 Å². The smallest absolute Gasteiger partial charge is 0.288 e. The Morgan fingerprint density at radius 2 is 2.17 bits per heavy atom. The molecule has 100 valence electrons. The summed E-state index contributed by atoms with van der Waals surface area (Å²) >= 11 is 0.461. The van der Waals surface area contributed by atoms with Crippen LogP contribution in [0.15, 0.2) is 29.2 Å². The lowest BCUT2D eigenvalue weighted by atomic mass is 10.1. The number of hydrogen-bond acceptors (Lipinski definition) is 3. The Bertz CT molecular complexity index is 401. The van der Waals surface area contributed by atoms with Crippen molar-refractivity contribution in [3.05, 3.63) is 24.3 Å². The van der Waals surface area contributed by atoms with Gasteiger partial charge in [0.15, 0.2) is 0 Å². The molecule has 0 aliphatic heterocycles. The van der Waals surface area contributed by atoms with E-state index in [1.165, 1.54) is 0 Å². The largest absolute Gasteiger partial charge is 0.326 e. The number of halogens is 2. The predicted molar refractivity (Wildman–Crippen MR) is 70.0 cm³/mol. The van der Waals surface area contributed by atoms with Crippen molar-refractivity contribution in [1.82, 2.24) is 5.32 Å². The number of benzene rings is 1. The zero-order valence-corrected chi connectivity index (χ0v) is 11.1. The van der Waals surface area contributed by atoms with E-state index in [1.54, 1.807) is 38.2 Å². The molecule has 3 nitrogen and oxygen atoms in total. The summed E-state index contributed by atoms with van der Waals surface area (Å²) in [6, 6.07) is 6.45. The summed E-state index contributed by atoms with van der Waals surface area (Å²) < 4.78 is 24.4. The first kappa shape index (κ1) is 14.9. The van der Waals surface area contributed by atoms with Gasteiger partial charge in [-0.2, -0.15) is 8.78 Å². The van der Waals surface area contributed by atoms with Gasteiger partial charge in [0.2, 0.25) is 5.91 Å². The van der Waals surface area contributed by atoms with Crippen molar-refractivity contribution in [2.75, 3.05) is 18.9 Å². The fourth-order valence-electron chi connectivity index (χ4n) is 1.41. The molecule has 0 saturated heterocycles. The van der Waals surface area contributed by atoms with Crippen molar-refractivity contribution in [1.29, 1.82) is 0 Å². The highest BCUT2D eigenvalue weighted by atomic mass is 32.2. The fourth-order valence-corrected chi connectivity index (χ4v) is 1.97. The van der Waals surface area contributed by atoms with E-state index in [-0.39, 0.29) is 11.8 Å². The molecule has 0 radical (unpaired) electrons. The summed E-state index contributed by atoms with van der Waals surface area (Å²) in [5, 5.41) is 5.61. The van der Waals surface area contributed by atoms with E-state index in [0.29, 0.717) is 28.9 Å². The number of nitrogens with one attached hydrogen (secondary N) is 2. The minimum atomic E-state index is -2.46. The van der Waals surface area contributed by atoms with Crippen molar-refractivity contribution in [3.63, 3.8) is 0 Å². The average Bonchev–Trinajstić information content (AvgIpc) is 2.28. The van der Waals surface area contributed by atoms with Gasteiger partial charge in [-0.25, -0.2) is 0 Å². The Labute approximate surface area is 109 Å². The quantitative estimate of drug-likeness (QED) is 0.784. The predicted octanol–water partition coefficient (Wildman–Crippen LogP) is 2.80. The second-order valence-corrected chi connectivity index (χ2v) is 4.92. The third-order valence-electron chi connectivity index (χ3n) is 2.28. The Hall–Kier alpha value is -1.14. The van der Waals surface area contributed by atoms with Gasteiger partial charge in [-0.15, -0.1) is 0 Å². The molecule has 1 atom stereocenters. The monoisotopic (exact) mass is 274 g/mol. The maximum absolute atomic E-state index is 12.2. The number of carbonyl (C=O) groups excluding carboxylic acids is 1. The van der Waals surface area contributed by atoms with Crippen LogP contribution in [0.3, 0.4) is 0 Å². The van der Waals surface area contributed by atoms with Gasteiger partial charge in [0.1, 0.15) is 0 Å². The summed E-state index contributed by atoms with van der Waals surface area (Å²) in [6.45, 7) is 2.36. The molecular weight excluding hydrogens is 258 g/mol. The zero-order valence-electron chi connectivity index (χ0n) is 10.2. The Balaban J connectivity index is 2.64. The molecule has 1 aromatic rings. The molecule has 0 bridgehead atoms. The summed E-state index contributed by atoms with van der Waals surface area (Å²) in [4.78, 5) is 12.2. The van der Waals surface area contributed by atoms with Gasteiger partial charge in [-0.3, -0.25) is 4.79 Å². The Morgan fingerprint density at radius 3 is 2.78 bits per heavy atom. The van der Waals surface area contributed by atoms with E-state index in [4.69, 9.17) is 0 Å². The van der Waals surface area contributed by atoms with Gasteiger partial charge in [0.25, 0.3) is 5.76 Å². The highest BCUT2D eigenvalue weighted by molar-refractivity contribution is 7.99. The van der Waals surface area contributed by atoms with E-state index in [2.05, 4.69) is 10.6 Å². The van der Waals surface area contributed by atoms with E-state index >= 15 is 0 Å². The van der Waals surface area contributed by atoms with Gasteiger partial charge in [0.05, 0.1) is 0 Å². The van der Waals surface area contributed by atoms with Crippen LogP contribution in [-0.2, 0) is 4.79 Å². The molecule has 1 amide bonds. The molecule has 0 fully saturated rings. The minimum Gasteiger partial charge on any atom is -0.326 e. The van der Waals surface area contributed by atoms with Gasteiger partial charge in [-0.1, -0.05) is 24.8 Å². The summed E-state index contributed by atoms with van der Waals surface area (Å²) in [7, 11) is 1.77. The zero-order chi connectivity index (χ0) is 13.5. The van der Waals surface area contributed by atoms with E-state index in [1.807, 2.05) is 0 Å². The maximum atomic E-state index is 12.2. The third-order valence-corrected chi connectivity index (χ3v) is 2.99. The van der Waals surface area contributed by atoms with E-state index in [0.717, 1.165) is 0 Å². The first-order valence-corrected chi connectivity index (χ1v) is 6.41. The van der Waals surface area contributed by atoms with Crippen molar-refractivity contribution in [3.8, 4) is 0 Å². The van der Waals surface area contributed by atoms with E-state index < -0.39 is 5.76 Å². The molecule has 0 heterocycles. The molecule has 6 heteroatoms. The summed E-state index contributed by atoms with van der Waals surface area (Å²) in [6.07, 6.45) is 0. The lowest BCUT2D eigenvalue weighted by molar-refractivity contribution is -0.119. The molecule has 0 aliphatic rings. The van der Waals surface area contributed by atoms with Crippen molar-refractivity contribution >= 4 is 23.4 Å². The third kappa shape index (κ3) is 5.01. The number of alkyl halides is 2. The van der Waals surface area contributed by atoms with Crippen LogP contribution < -0.4 is 10.6 Å². The van der Waals surface area contributed by atoms with Gasteiger partial charge >= 0.3 is 0 Å². The van der Waals surface area contributed by atoms with Crippen LogP contribution in [-0.4, -0.2) is 25.3 Å². The molecule has 1 aromatic carbocycles. The van der Waals surface area contributed by atoms with Gasteiger partial charge < -0.3 is 10.6 Å². The second kappa shape index (κ2) is 7.33. The van der Waals surface area contributed by atoms with Crippen LogP contribution in [0, 0.1) is 5.92 Å². The van der Waals surface area contributed by atoms with Crippen LogP contribution in [0.4, 0.5) is 14.5 Å². The number of anilines is 1. The lowest BCUT2D eigenvalue weighted by Gasteiger charge is -2.12. The molecule has 0 saturated carbocycles. The standard InChI is InChI=1S/C12H16F2N2OS/c1-8(7-15-2)11(17)16-9-4-3-5-10(6-9)18-12(13)14/h3-6,8,12,15H,7H2,1-2H3,(H,16,17). The van der Waals surface area contributed by atoms with Crippen LogP contribution in [0.2, 0.25) is 0 Å². The highest BCUT2D eigenvalue weighted by Gasteiger charge is 2.12. The first-order chi connectivity index (χ1) is 8.52. The lowest BCUT2D eigenvalue weighted by Crippen LogP contribution is -2.28. The SMILES string of the molecule is CNCC(C)C(=O)Nc1cccc(SC(F)F)c1. The topological polar surface area (TPSA) is 41.1 Å². The van der Waals surface area contributed by atoms with Crippen molar-refractivity contribution in [2.45, 2.75) is 17.6 Å². The second-order valence-electron chi connectivity index (χ2n) is 3.85. The fraction of sp³-hybridized carbons (Fsp3) is 0.417. The molecule has 0 spiro atoms. The maximum Gasteiger partial charge on any atom is 0.288 e. The van der Waals surface area contributed by atoms with Crippen molar-refractivity contribution < 1.29 is 13.6 Å². The molecule has 0 aliphatic carbocycles. The molecular formula is C12H16F2N2OS. The number of hydrogen-bond donors (Lipinski definition) is 2. The van der Waals surface area contributed by atoms with Gasteiger partial charge in [-0.05, 0) is 25.2 Å². The average molecular weight is 274 g/mol. The van der Waals surface area contributed by atoms with Crippen LogP contribution in [0.25, 0.3) is 0 Å². The summed E-state index contributed by atoms with van der Waals surface area (Å²) in [5.41, 5.74) is 0.536. The highest BCUT2D eigenvalue weighted by Crippen LogP contribution is 2.27. The number of thioether (sulfide) groups is 1. The minimum absolute atomic E-state index is 0.136. The molecule has 2 N–H and O–H groups in total. The Kier molecular flexibility index (Phi) is 6.07. The number of rotatable bonds is 6. The molecule has 0 aromatic heterocycles.